The van der Waals surface area contributed by atoms with Crippen molar-refractivity contribution in [3.8, 4) is 11.3 Å². The number of benzene rings is 2. The third kappa shape index (κ3) is 3.33. The molecular formula is C27H28N6O2S. The van der Waals surface area contributed by atoms with Gasteiger partial charge in [0.1, 0.15) is 12.1 Å². The number of nitrogens with one attached hydrogen (secondary N) is 1. The number of rotatable bonds is 5. The first-order valence-corrected chi connectivity index (χ1v) is 14.0. The molecule has 3 aliphatic rings. The summed E-state index contributed by atoms with van der Waals surface area (Å²) in [6.45, 7) is 3.85. The third-order valence-corrected chi connectivity index (χ3v) is 9.99. The van der Waals surface area contributed by atoms with Gasteiger partial charge < -0.3 is 14.8 Å². The topological polar surface area (TPSA) is 85.4 Å². The molecule has 9 heteroatoms. The highest BCUT2D eigenvalue weighted by molar-refractivity contribution is 7.89. The fourth-order valence-corrected chi connectivity index (χ4v) is 7.79. The number of H-pyrrole nitrogens is 1. The predicted octanol–water partition coefficient (Wildman–Crippen LogP) is 3.88. The van der Waals surface area contributed by atoms with Crippen LogP contribution in [-0.4, -0.2) is 65.9 Å². The number of sulfonamides is 1. The molecule has 5 heterocycles. The van der Waals surface area contributed by atoms with E-state index in [0.29, 0.717) is 24.5 Å². The monoisotopic (exact) mass is 500 g/mol. The van der Waals surface area contributed by atoms with Crippen LogP contribution in [0.25, 0.3) is 22.2 Å². The van der Waals surface area contributed by atoms with Gasteiger partial charge in [0.15, 0.2) is 0 Å². The van der Waals surface area contributed by atoms with Crippen molar-refractivity contribution in [2.24, 2.45) is 0 Å². The Morgan fingerprint density at radius 1 is 0.917 bits per heavy atom. The van der Waals surface area contributed by atoms with Crippen molar-refractivity contribution in [3.63, 3.8) is 0 Å². The molecule has 0 unspecified atom stereocenters. The SMILES string of the molecule is O=S(=O)(c1ccc(N2CCCC2)c(-c2cc3ccccc3[nH]2)c1)N1CCC12CN(c1ccncn1)C2. The maximum absolute atomic E-state index is 13.9. The second-order valence-corrected chi connectivity index (χ2v) is 12.0. The Morgan fingerprint density at radius 2 is 1.75 bits per heavy atom. The summed E-state index contributed by atoms with van der Waals surface area (Å²) in [5.41, 5.74) is 3.69. The van der Waals surface area contributed by atoms with E-state index >= 15 is 0 Å². The van der Waals surface area contributed by atoms with E-state index in [1.54, 1.807) is 16.6 Å². The first-order chi connectivity index (χ1) is 17.5. The molecule has 36 heavy (non-hydrogen) atoms. The Balaban J connectivity index is 1.24. The Kier molecular flexibility index (Phi) is 4.87. The van der Waals surface area contributed by atoms with Crippen LogP contribution in [0.15, 0.2) is 72.0 Å². The first-order valence-electron chi connectivity index (χ1n) is 12.5. The highest BCUT2D eigenvalue weighted by atomic mass is 32.2. The second kappa shape index (κ2) is 8.04. The molecule has 4 aromatic rings. The van der Waals surface area contributed by atoms with Crippen LogP contribution >= 0.6 is 0 Å². The molecule has 1 spiro atoms. The Bertz CT molecular complexity index is 1510. The molecule has 184 valence electrons. The Morgan fingerprint density at radius 3 is 2.47 bits per heavy atom. The first kappa shape index (κ1) is 21.8. The summed E-state index contributed by atoms with van der Waals surface area (Å²) in [5.74, 6) is 0.843. The lowest BCUT2D eigenvalue weighted by Gasteiger charge is -2.61. The number of para-hydroxylation sites is 1. The Hall–Kier alpha value is -3.43. The van der Waals surface area contributed by atoms with Crippen LogP contribution < -0.4 is 9.80 Å². The molecular weight excluding hydrogens is 472 g/mol. The fraction of sp³-hybridized carbons (Fsp3) is 0.333. The van der Waals surface area contributed by atoms with Crippen molar-refractivity contribution in [3.05, 3.63) is 67.1 Å². The minimum absolute atomic E-state index is 0.349. The number of hydrogen-bond donors (Lipinski definition) is 1. The van der Waals surface area contributed by atoms with Crippen LogP contribution in [-0.2, 0) is 10.0 Å². The van der Waals surface area contributed by atoms with Crippen LogP contribution in [0, 0.1) is 0 Å². The van der Waals surface area contributed by atoms with E-state index in [4.69, 9.17) is 0 Å². The maximum Gasteiger partial charge on any atom is 0.243 e. The smallest absolute Gasteiger partial charge is 0.243 e. The van der Waals surface area contributed by atoms with Gasteiger partial charge >= 0.3 is 0 Å². The molecule has 3 saturated heterocycles. The van der Waals surface area contributed by atoms with E-state index in [-0.39, 0.29) is 5.54 Å². The van der Waals surface area contributed by atoms with Crippen molar-refractivity contribution in [1.29, 1.82) is 0 Å². The quantitative estimate of drug-likeness (QED) is 0.448. The molecule has 0 saturated carbocycles. The third-order valence-electron chi connectivity index (χ3n) is 7.99. The van der Waals surface area contributed by atoms with Gasteiger partial charge in [-0.25, -0.2) is 18.4 Å². The summed E-state index contributed by atoms with van der Waals surface area (Å²) in [6.07, 6.45) is 6.43. The summed E-state index contributed by atoms with van der Waals surface area (Å²) in [6, 6.07) is 17.8. The zero-order valence-corrected chi connectivity index (χ0v) is 20.8. The molecule has 0 atom stereocenters. The van der Waals surface area contributed by atoms with Gasteiger partial charge in [-0.3, -0.25) is 0 Å². The van der Waals surface area contributed by atoms with E-state index in [1.807, 2.05) is 30.3 Å². The second-order valence-electron chi connectivity index (χ2n) is 10.1. The van der Waals surface area contributed by atoms with Crippen molar-refractivity contribution in [2.45, 2.75) is 29.7 Å². The van der Waals surface area contributed by atoms with Crippen LogP contribution in [0.5, 0.6) is 0 Å². The lowest BCUT2D eigenvalue weighted by atomic mass is 9.80. The summed E-state index contributed by atoms with van der Waals surface area (Å²) >= 11 is 0. The zero-order chi connectivity index (χ0) is 24.3. The lowest BCUT2D eigenvalue weighted by molar-refractivity contribution is 0.0413. The van der Waals surface area contributed by atoms with Gasteiger partial charge in [-0.05, 0) is 55.7 Å². The van der Waals surface area contributed by atoms with Crippen molar-refractivity contribution in [2.75, 3.05) is 42.5 Å². The number of aromatic nitrogens is 3. The van der Waals surface area contributed by atoms with Crippen LogP contribution in [0.1, 0.15) is 19.3 Å². The van der Waals surface area contributed by atoms with Gasteiger partial charge in [0.2, 0.25) is 10.0 Å². The molecule has 1 N–H and O–H groups in total. The van der Waals surface area contributed by atoms with Gasteiger partial charge in [-0.1, -0.05) is 18.2 Å². The lowest BCUT2D eigenvalue weighted by Crippen LogP contribution is -2.77. The van der Waals surface area contributed by atoms with E-state index in [1.165, 1.54) is 6.33 Å². The normalized spacial score (nSPS) is 19.6. The van der Waals surface area contributed by atoms with E-state index in [0.717, 1.165) is 66.0 Å². The molecule has 3 aliphatic heterocycles. The van der Waals surface area contributed by atoms with E-state index < -0.39 is 10.0 Å². The molecule has 3 fully saturated rings. The van der Waals surface area contributed by atoms with Crippen LogP contribution in [0.3, 0.4) is 0 Å². The summed E-state index contributed by atoms with van der Waals surface area (Å²) in [5, 5.41) is 1.12. The number of nitrogens with zero attached hydrogens (tertiary/aromatic N) is 5. The van der Waals surface area contributed by atoms with Crippen molar-refractivity contribution in [1.82, 2.24) is 19.3 Å². The van der Waals surface area contributed by atoms with E-state index in [2.05, 4.69) is 43.0 Å². The van der Waals surface area contributed by atoms with E-state index in [9.17, 15) is 8.42 Å². The van der Waals surface area contributed by atoms with Crippen LogP contribution in [0.4, 0.5) is 11.5 Å². The van der Waals surface area contributed by atoms with Gasteiger partial charge in [0, 0.05) is 66.8 Å². The van der Waals surface area contributed by atoms with Crippen molar-refractivity contribution < 1.29 is 8.42 Å². The van der Waals surface area contributed by atoms with Crippen molar-refractivity contribution >= 4 is 32.4 Å². The number of fused-ring (bicyclic) bond motifs is 1. The molecule has 7 rings (SSSR count). The van der Waals surface area contributed by atoms with Gasteiger partial charge in [-0.15, -0.1) is 0 Å². The number of aromatic amines is 1. The molecule has 0 radical (unpaired) electrons. The minimum Gasteiger partial charge on any atom is -0.371 e. The van der Waals surface area contributed by atoms with Crippen LogP contribution in [0.2, 0.25) is 0 Å². The average molecular weight is 501 g/mol. The van der Waals surface area contributed by atoms with Gasteiger partial charge in [0.05, 0.1) is 10.4 Å². The largest absolute Gasteiger partial charge is 0.371 e. The minimum atomic E-state index is -3.64. The standard InChI is InChI=1S/C27H28N6O2S/c34-36(35,33-14-10-27(33)17-32(18-27)26-9-11-28-19-29-26)21-7-8-25(31-12-3-4-13-31)22(16-21)24-15-20-5-1-2-6-23(20)30-24/h1-2,5-9,11,15-16,19,30H,3-4,10,12-14,17-18H2. The number of hydrogen-bond acceptors (Lipinski definition) is 6. The summed E-state index contributed by atoms with van der Waals surface area (Å²) in [7, 11) is -3.64. The predicted molar refractivity (Wildman–Crippen MR) is 141 cm³/mol. The molecule has 0 aliphatic carbocycles. The highest BCUT2D eigenvalue weighted by Crippen LogP contribution is 2.45. The molecule has 2 aromatic carbocycles. The molecule has 2 aromatic heterocycles. The molecule has 0 bridgehead atoms. The van der Waals surface area contributed by atoms with Gasteiger partial charge in [0.25, 0.3) is 0 Å². The Labute approximate surface area is 210 Å². The zero-order valence-electron chi connectivity index (χ0n) is 20.0. The summed E-state index contributed by atoms with van der Waals surface area (Å²) in [4.78, 5) is 16.7. The maximum atomic E-state index is 13.9. The fourth-order valence-electron chi connectivity index (χ4n) is 5.98. The molecule has 0 amide bonds. The summed E-state index contributed by atoms with van der Waals surface area (Å²) < 4.78 is 29.5. The average Bonchev–Trinajstić information content (AvgIpc) is 3.53. The van der Waals surface area contributed by atoms with Gasteiger partial charge in [-0.2, -0.15) is 4.31 Å². The highest BCUT2D eigenvalue weighted by Gasteiger charge is 2.58. The number of anilines is 2. The molecule has 8 nitrogen and oxygen atoms in total.